The van der Waals surface area contributed by atoms with Crippen LogP contribution in [-0.4, -0.2) is 78.3 Å². The molecule has 1 saturated carbocycles. The molecular formula is C21H23NO9. The van der Waals surface area contributed by atoms with Crippen LogP contribution in [0, 0.1) is 0 Å². The molecule has 0 unspecified atom stereocenters. The predicted octanol–water partition coefficient (Wildman–Crippen LogP) is 0.350. The standard InChI is InChI=1S/C21H23NO9/c1-9(23)30-16-15-11-6-13-14(29-8-28-13)7-12(11)20(25)22-5-4-21(26,18(15)22)19(17(16)27-3)31-10(2)24/h6-7,15-19,26H,4-5,8H2,1-3H3/t15-,16+,17-,18+,19+,21-/m1/s1. The number of hydrogen-bond acceptors (Lipinski definition) is 9. The van der Waals surface area contributed by atoms with Crippen molar-refractivity contribution in [2.24, 2.45) is 0 Å². The lowest BCUT2D eigenvalue weighted by Crippen LogP contribution is -2.71. The molecule has 4 aliphatic rings. The first-order valence-corrected chi connectivity index (χ1v) is 10.1. The summed E-state index contributed by atoms with van der Waals surface area (Å²) in [5.74, 6) is -1.12. The molecule has 0 bridgehead atoms. The van der Waals surface area contributed by atoms with Crippen LogP contribution in [0.15, 0.2) is 12.1 Å². The van der Waals surface area contributed by atoms with Gasteiger partial charge in [-0.25, -0.2) is 0 Å². The predicted molar refractivity (Wildman–Crippen MR) is 102 cm³/mol. The fourth-order valence-corrected chi connectivity index (χ4v) is 5.60. The zero-order valence-electron chi connectivity index (χ0n) is 17.3. The third-order valence-electron chi connectivity index (χ3n) is 6.67. The van der Waals surface area contributed by atoms with E-state index in [2.05, 4.69) is 0 Å². The van der Waals surface area contributed by atoms with E-state index in [1.165, 1.54) is 21.0 Å². The molecule has 1 saturated heterocycles. The average molecular weight is 433 g/mol. The van der Waals surface area contributed by atoms with Crippen LogP contribution in [0.3, 0.4) is 0 Å². The third kappa shape index (κ3) is 2.74. The Morgan fingerprint density at radius 3 is 2.45 bits per heavy atom. The summed E-state index contributed by atoms with van der Waals surface area (Å²) in [5.41, 5.74) is -0.602. The topological polar surface area (TPSA) is 121 Å². The molecule has 1 aliphatic carbocycles. The molecule has 1 aromatic carbocycles. The van der Waals surface area contributed by atoms with E-state index in [9.17, 15) is 19.5 Å². The number of ether oxygens (including phenoxy) is 5. The second-order valence-electron chi connectivity index (χ2n) is 8.31. The number of fused-ring (bicyclic) bond motifs is 3. The number of aliphatic hydroxyl groups is 1. The number of methoxy groups -OCH3 is 1. The molecule has 3 aliphatic heterocycles. The van der Waals surface area contributed by atoms with Crippen molar-refractivity contribution >= 4 is 17.8 Å². The lowest BCUT2D eigenvalue weighted by atomic mass is 9.64. The molecule has 5 rings (SSSR count). The summed E-state index contributed by atoms with van der Waals surface area (Å²) in [6.07, 6.45) is -2.78. The Kier molecular flexibility index (Phi) is 4.42. The van der Waals surface area contributed by atoms with Gasteiger partial charge in [0.1, 0.15) is 17.8 Å². The number of amides is 1. The molecule has 3 heterocycles. The van der Waals surface area contributed by atoms with Crippen LogP contribution in [-0.2, 0) is 23.8 Å². The van der Waals surface area contributed by atoms with Crippen molar-refractivity contribution in [3.8, 4) is 11.5 Å². The molecule has 166 valence electrons. The van der Waals surface area contributed by atoms with Crippen molar-refractivity contribution in [3.63, 3.8) is 0 Å². The Hall–Kier alpha value is -2.85. The minimum absolute atomic E-state index is 0.0385. The first-order valence-electron chi connectivity index (χ1n) is 10.1. The Morgan fingerprint density at radius 1 is 1.13 bits per heavy atom. The van der Waals surface area contributed by atoms with Crippen LogP contribution in [0.2, 0.25) is 0 Å². The summed E-state index contributed by atoms with van der Waals surface area (Å²) >= 11 is 0. The number of esters is 2. The summed E-state index contributed by atoms with van der Waals surface area (Å²) in [6.45, 7) is 2.80. The highest BCUT2D eigenvalue weighted by Gasteiger charge is 2.69. The van der Waals surface area contributed by atoms with Gasteiger partial charge in [0.2, 0.25) is 6.79 Å². The molecule has 2 fully saturated rings. The molecule has 0 aromatic heterocycles. The van der Waals surface area contributed by atoms with Crippen molar-refractivity contribution in [1.82, 2.24) is 4.90 Å². The summed E-state index contributed by atoms with van der Waals surface area (Å²) < 4.78 is 27.8. The number of nitrogens with zero attached hydrogens (tertiary/aromatic N) is 1. The minimum Gasteiger partial charge on any atom is -0.459 e. The quantitative estimate of drug-likeness (QED) is 0.673. The summed E-state index contributed by atoms with van der Waals surface area (Å²) in [6, 6.07) is 2.55. The monoisotopic (exact) mass is 433 g/mol. The van der Waals surface area contributed by atoms with E-state index in [0.29, 0.717) is 22.6 Å². The van der Waals surface area contributed by atoms with E-state index in [1.807, 2.05) is 0 Å². The lowest BCUT2D eigenvalue weighted by Gasteiger charge is -2.54. The van der Waals surface area contributed by atoms with Crippen molar-refractivity contribution < 1.29 is 43.2 Å². The highest BCUT2D eigenvalue weighted by molar-refractivity contribution is 5.99. The van der Waals surface area contributed by atoms with Crippen molar-refractivity contribution in [3.05, 3.63) is 23.3 Å². The van der Waals surface area contributed by atoms with E-state index >= 15 is 0 Å². The molecule has 31 heavy (non-hydrogen) atoms. The maximum atomic E-state index is 13.4. The largest absolute Gasteiger partial charge is 0.459 e. The van der Waals surface area contributed by atoms with Crippen LogP contribution in [0.25, 0.3) is 0 Å². The van der Waals surface area contributed by atoms with Gasteiger partial charge in [0.05, 0.1) is 6.04 Å². The molecule has 10 heteroatoms. The summed E-state index contributed by atoms with van der Waals surface area (Å²) in [5, 5.41) is 11.8. The second-order valence-corrected chi connectivity index (χ2v) is 8.31. The van der Waals surface area contributed by atoms with Gasteiger partial charge in [-0.15, -0.1) is 0 Å². The molecule has 1 aromatic rings. The van der Waals surface area contributed by atoms with Crippen LogP contribution in [0.4, 0.5) is 0 Å². The fourth-order valence-electron chi connectivity index (χ4n) is 5.60. The molecular weight excluding hydrogens is 410 g/mol. The number of benzene rings is 1. The number of hydrogen-bond donors (Lipinski definition) is 1. The van der Waals surface area contributed by atoms with Crippen molar-refractivity contribution in [2.75, 3.05) is 20.4 Å². The van der Waals surface area contributed by atoms with Gasteiger partial charge in [0.25, 0.3) is 5.91 Å². The van der Waals surface area contributed by atoms with Gasteiger partial charge in [-0.05, 0) is 24.1 Å². The van der Waals surface area contributed by atoms with E-state index in [0.717, 1.165) is 0 Å². The molecule has 1 amide bonds. The number of carbonyl (C=O) groups excluding carboxylic acids is 3. The minimum atomic E-state index is -1.57. The van der Waals surface area contributed by atoms with Gasteiger partial charge < -0.3 is 33.7 Å². The van der Waals surface area contributed by atoms with E-state index in [1.54, 1.807) is 17.0 Å². The number of carbonyl (C=O) groups is 3. The van der Waals surface area contributed by atoms with Crippen molar-refractivity contribution in [1.29, 1.82) is 0 Å². The van der Waals surface area contributed by atoms with Gasteiger partial charge in [-0.1, -0.05) is 0 Å². The first-order chi connectivity index (χ1) is 14.8. The lowest BCUT2D eigenvalue weighted by molar-refractivity contribution is -0.232. The maximum Gasteiger partial charge on any atom is 0.303 e. The fraction of sp³-hybridized carbons (Fsp3) is 0.571. The van der Waals surface area contributed by atoms with Gasteiger partial charge >= 0.3 is 11.9 Å². The third-order valence-corrected chi connectivity index (χ3v) is 6.67. The second kappa shape index (κ2) is 6.83. The van der Waals surface area contributed by atoms with Crippen LogP contribution in [0.5, 0.6) is 11.5 Å². The van der Waals surface area contributed by atoms with E-state index in [-0.39, 0.29) is 25.7 Å². The SMILES string of the molecule is CO[C@@H]1[C@@H](OC(C)=O)[C@H]2c3cc4c(cc3C(=O)N3CC[C@@](O)([C@H]23)[C@H]1OC(C)=O)OCO4. The number of rotatable bonds is 3. The van der Waals surface area contributed by atoms with E-state index in [4.69, 9.17) is 23.7 Å². The van der Waals surface area contributed by atoms with Crippen LogP contribution in [0.1, 0.15) is 42.1 Å². The van der Waals surface area contributed by atoms with Crippen LogP contribution < -0.4 is 9.47 Å². The summed E-state index contributed by atoms with van der Waals surface area (Å²) in [4.78, 5) is 38.8. The highest BCUT2D eigenvalue weighted by Crippen LogP contribution is 2.54. The Bertz CT molecular complexity index is 978. The van der Waals surface area contributed by atoms with Gasteiger partial charge in [0, 0.05) is 39.0 Å². The molecule has 0 spiro atoms. The molecule has 6 atom stereocenters. The Labute approximate surface area is 177 Å². The van der Waals surface area contributed by atoms with Crippen molar-refractivity contribution in [2.45, 2.75) is 56.1 Å². The Balaban J connectivity index is 1.72. The molecule has 0 radical (unpaired) electrons. The Morgan fingerprint density at radius 2 is 1.81 bits per heavy atom. The summed E-state index contributed by atoms with van der Waals surface area (Å²) in [7, 11) is 1.41. The smallest absolute Gasteiger partial charge is 0.303 e. The van der Waals surface area contributed by atoms with Crippen LogP contribution >= 0.6 is 0 Å². The molecule has 1 N–H and O–H groups in total. The highest BCUT2D eigenvalue weighted by atomic mass is 16.7. The maximum absolute atomic E-state index is 13.4. The first kappa shape index (κ1) is 20.1. The zero-order chi connectivity index (χ0) is 22.1. The molecule has 10 nitrogen and oxygen atoms in total. The van der Waals surface area contributed by atoms with Gasteiger partial charge in [0.15, 0.2) is 17.6 Å². The average Bonchev–Trinajstić information content (AvgIpc) is 3.31. The van der Waals surface area contributed by atoms with E-state index < -0.39 is 47.8 Å². The normalized spacial score (nSPS) is 34.8. The zero-order valence-corrected chi connectivity index (χ0v) is 17.3. The van der Waals surface area contributed by atoms with Gasteiger partial charge in [-0.3, -0.25) is 14.4 Å². The van der Waals surface area contributed by atoms with Gasteiger partial charge in [-0.2, -0.15) is 0 Å².